The number of carbonyl (C=O) groups is 1. The van der Waals surface area contributed by atoms with E-state index >= 15 is 0 Å². The zero-order valence-electron chi connectivity index (χ0n) is 13.8. The van der Waals surface area contributed by atoms with Gasteiger partial charge in [0.1, 0.15) is 0 Å². The van der Waals surface area contributed by atoms with E-state index in [0.29, 0.717) is 10.9 Å². The first-order chi connectivity index (χ1) is 12.1. The maximum atomic E-state index is 12.3. The summed E-state index contributed by atoms with van der Waals surface area (Å²) in [6.07, 6.45) is 1.79. The van der Waals surface area contributed by atoms with Crippen molar-refractivity contribution < 1.29 is 9.32 Å². The van der Waals surface area contributed by atoms with E-state index in [9.17, 15) is 4.79 Å². The third kappa shape index (κ3) is 4.15. The minimum absolute atomic E-state index is 0.198. The Labute approximate surface area is 153 Å². The number of amides is 1. The van der Waals surface area contributed by atoms with Crippen molar-refractivity contribution in [2.45, 2.75) is 18.2 Å². The van der Waals surface area contributed by atoms with E-state index in [2.05, 4.69) is 27.2 Å². The number of nitrogens with one attached hydrogen (secondary N) is 1. The first-order valence-corrected chi connectivity index (χ1v) is 9.30. The van der Waals surface area contributed by atoms with Crippen molar-refractivity contribution in [3.05, 3.63) is 53.7 Å². The molecule has 1 aromatic carbocycles. The quantitative estimate of drug-likeness (QED) is 0.394. The van der Waals surface area contributed by atoms with Gasteiger partial charge < -0.3 is 4.52 Å². The lowest BCUT2D eigenvalue weighted by molar-refractivity contribution is 0.101. The first kappa shape index (κ1) is 17.4. The molecule has 0 fully saturated rings. The van der Waals surface area contributed by atoms with Gasteiger partial charge in [-0.15, -0.1) is 16.8 Å². The number of rotatable bonds is 6. The van der Waals surface area contributed by atoms with Crippen LogP contribution >= 0.6 is 23.1 Å². The topological polar surface area (TPSA) is 80.9 Å². The SMILES string of the molecule is C=CCSc1nnc(NC(=O)c2cc(-c3ccc(C)c(C)c3)on2)s1. The number of aryl methyl sites for hydroxylation is 2. The molecule has 0 bridgehead atoms. The molecule has 8 heteroatoms. The maximum absolute atomic E-state index is 12.3. The first-order valence-electron chi connectivity index (χ1n) is 7.49. The molecule has 128 valence electrons. The van der Waals surface area contributed by atoms with Gasteiger partial charge in [0.15, 0.2) is 15.8 Å². The van der Waals surface area contributed by atoms with Crippen LogP contribution in [0.2, 0.25) is 0 Å². The van der Waals surface area contributed by atoms with Crippen LogP contribution in [-0.4, -0.2) is 27.0 Å². The highest BCUT2D eigenvalue weighted by Crippen LogP contribution is 2.26. The Kier molecular flexibility index (Phi) is 5.30. The molecule has 1 N–H and O–H groups in total. The minimum atomic E-state index is -0.379. The van der Waals surface area contributed by atoms with Crippen molar-refractivity contribution in [2.75, 3.05) is 11.1 Å². The summed E-state index contributed by atoms with van der Waals surface area (Å²) in [5.74, 6) is 0.911. The number of benzene rings is 1. The molecule has 0 saturated carbocycles. The molecule has 0 aliphatic rings. The number of anilines is 1. The van der Waals surface area contributed by atoms with E-state index < -0.39 is 0 Å². The predicted octanol–water partition coefficient (Wildman–Crippen LogP) is 4.34. The van der Waals surface area contributed by atoms with Crippen LogP contribution < -0.4 is 5.32 Å². The fourth-order valence-electron chi connectivity index (χ4n) is 2.02. The van der Waals surface area contributed by atoms with Gasteiger partial charge in [0.05, 0.1) is 0 Å². The monoisotopic (exact) mass is 372 g/mol. The van der Waals surface area contributed by atoms with Gasteiger partial charge in [0.25, 0.3) is 5.91 Å². The highest BCUT2D eigenvalue weighted by molar-refractivity contribution is 8.01. The van der Waals surface area contributed by atoms with Crippen LogP contribution in [0.5, 0.6) is 0 Å². The number of hydrogen-bond acceptors (Lipinski definition) is 7. The molecule has 1 amide bonds. The molecule has 0 spiro atoms. The molecule has 0 unspecified atom stereocenters. The molecular formula is C17H16N4O2S2. The Morgan fingerprint density at radius 1 is 1.32 bits per heavy atom. The van der Waals surface area contributed by atoms with Crippen LogP contribution in [0, 0.1) is 13.8 Å². The molecule has 6 nitrogen and oxygen atoms in total. The van der Waals surface area contributed by atoms with Gasteiger partial charge in [-0.3, -0.25) is 10.1 Å². The molecule has 0 saturated heterocycles. The van der Waals surface area contributed by atoms with Gasteiger partial charge in [-0.2, -0.15) is 0 Å². The molecule has 3 aromatic rings. The van der Waals surface area contributed by atoms with Crippen LogP contribution in [0.3, 0.4) is 0 Å². The largest absolute Gasteiger partial charge is 0.355 e. The second-order valence-corrected chi connectivity index (χ2v) is 7.55. The lowest BCUT2D eigenvalue weighted by Gasteiger charge is -2.01. The summed E-state index contributed by atoms with van der Waals surface area (Å²) < 4.78 is 6.07. The molecule has 0 radical (unpaired) electrons. The lowest BCUT2D eigenvalue weighted by Crippen LogP contribution is -2.11. The van der Waals surface area contributed by atoms with Crippen molar-refractivity contribution in [3.63, 3.8) is 0 Å². The summed E-state index contributed by atoms with van der Waals surface area (Å²) in [6.45, 7) is 7.73. The molecule has 25 heavy (non-hydrogen) atoms. The summed E-state index contributed by atoms with van der Waals surface area (Å²) >= 11 is 2.81. The van der Waals surface area contributed by atoms with E-state index in [0.717, 1.165) is 21.2 Å². The highest BCUT2D eigenvalue weighted by atomic mass is 32.2. The Bertz CT molecular complexity index is 917. The zero-order chi connectivity index (χ0) is 17.8. The number of nitrogens with zero attached hydrogens (tertiary/aromatic N) is 3. The van der Waals surface area contributed by atoms with Crippen LogP contribution in [-0.2, 0) is 0 Å². The highest BCUT2D eigenvalue weighted by Gasteiger charge is 2.16. The molecular weight excluding hydrogens is 356 g/mol. The molecule has 3 rings (SSSR count). The second-order valence-electron chi connectivity index (χ2n) is 5.30. The van der Waals surface area contributed by atoms with Gasteiger partial charge in [-0.25, -0.2) is 0 Å². The zero-order valence-corrected chi connectivity index (χ0v) is 15.4. The van der Waals surface area contributed by atoms with Crippen LogP contribution in [0.1, 0.15) is 21.6 Å². The Hall–Kier alpha value is -2.45. The average Bonchev–Trinajstić information content (AvgIpc) is 3.25. The molecule has 2 heterocycles. The van der Waals surface area contributed by atoms with Gasteiger partial charge in [0.2, 0.25) is 5.13 Å². The van der Waals surface area contributed by atoms with Crippen molar-refractivity contribution in [1.82, 2.24) is 15.4 Å². The summed E-state index contributed by atoms with van der Waals surface area (Å²) in [5.41, 5.74) is 3.43. The van der Waals surface area contributed by atoms with Crippen molar-refractivity contribution in [2.24, 2.45) is 0 Å². The fourth-order valence-corrected chi connectivity index (χ4v) is 3.53. The van der Waals surface area contributed by atoms with Crippen LogP contribution in [0.15, 0.2) is 45.8 Å². The lowest BCUT2D eigenvalue weighted by atomic mass is 10.0. The predicted molar refractivity (Wildman–Crippen MR) is 100 cm³/mol. The van der Waals surface area contributed by atoms with Gasteiger partial charge in [-0.1, -0.05) is 46.5 Å². The van der Waals surface area contributed by atoms with Crippen LogP contribution in [0.4, 0.5) is 5.13 Å². The van der Waals surface area contributed by atoms with E-state index in [1.54, 1.807) is 12.1 Å². The van der Waals surface area contributed by atoms with E-state index in [1.807, 2.05) is 32.0 Å². The maximum Gasteiger partial charge on any atom is 0.279 e. The van der Waals surface area contributed by atoms with Crippen LogP contribution in [0.25, 0.3) is 11.3 Å². The van der Waals surface area contributed by atoms with Crippen molar-refractivity contribution in [1.29, 1.82) is 0 Å². The van der Waals surface area contributed by atoms with Gasteiger partial charge in [-0.05, 0) is 31.0 Å². The summed E-state index contributed by atoms with van der Waals surface area (Å²) in [4.78, 5) is 12.3. The summed E-state index contributed by atoms with van der Waals surface area (Å²) in [5, 5.41) is 14.9. The smallest absolute Gasteiger partial charge is 0.279 e. The van der Waals surface area contributed by atoms with E-state index in [1.165, 1.54) is 28.7 Å². The number of hydrogen-bond donors (Lipinski definition) is 1. The summed E-state index contributed by atoms with van der Waals surface area (Å²) in [6, 6.07) is 7.58. The number of carbonyl (C=O) groups excluding carboxylic acids is 1. The number of aromatic nitrogens is 3. The Morgan fingerprint density at radius 2 is 2.16 bits per heavy atom. The van der Waals surface area contributed by atoms with Crippen molar-refractivity contribution >= 4 is 34.1 Å². The third-order valence-electron chi connectivity index (χ3n) is 3.49. The average molecular weight is 372 g/mol. The fraction of sp³-hybridized carbons (Fsp3) is 0.176. The minimum Gasteiger partial charge on any atom is -0.355 e. The van der Waals surface area contributed by atoms with E-state index in [-0.39, 0.29) is 11.6 Å². The van der Waals surface area contributed by atoms with Gasteiger partial charge in [0, 0.05) is 17.4 Å². The normalized spacial score (nSPS) is 10.6. The van der Waals surface area contributed by atoms with Crippen molar-refractivity contribution in [3.8, 4) is 11.3 Å². The molecule has 0 atom stereocenters. The Balaban J connectivity index is 1.71. The third-order valence-corrected chi connectivity index (χ3v) is 5.45. The number of thioether (sulfide) groups is 1. The standard InChI is InChI=1S/C17H16N4O2S2/c1-4-7-24-17-20-19-16(25-17)18-15(22)13-9-14(23-21-13)12-6-5-10(2)11(3)8-12/h4-6,8-9H,1,7H2,2-3H3,(H,18,19,22). The molecule has 0 aliphatic heterocycles. The second kappa shape index (κ2) is 7.62. The van der Waals surface area contributed by atoms with Gasteiger partial charge >= 0.3 is 0 Å². The summed E-state index contributed by atoms with van der Waals surface area (Å²) in [7, 11) is 0. The Morgan fingerprint density at radius 3 is 2.92 bits per heavy atom. The molecule has 0 aliphatic carbocycles. The van der Waals surface area contributed by atoms with E-state index in [4.69, 9.17) is 4.52 Å². The molecule has 2 aromatic heterocycles.